The number of hydrogen-bond acceptors (Lipinski definition) is 4. The Balaban J connectivity index is 0.00000147. The zero-order valence-corrected chi connectivity index (χ0v) is 11.1. The number of carboxylic acid groups (broad SMARTS) is 1. The molecule has 3 rings (SSSR count). The fourth-order valence-corrected chi connectivity index (χ4v) is 3.61. The van der Waals surface area contributed by atoms with Crippen LogP contribution in [-0.2, 0) is 14.3 Å². The Bertz CT molecular complexity index is 393. The van der Waals surface area contributed by atoms with E-state index in [4.69, 9.17) is 4.74 Å². The van der Waals surface area contributed by atoms with Crippen LogP contribution < -0.4 is 10.0 Å². The van der Waals surface area contributed by atoms with E-state index in [1.165, 1.54) is 4.90 Å². The number of quaternary nitrogens is 1. The summed E-state index contributed by atoms with van der Waals surface area (Å²) in [4.78, 5) is 27.0. The maximum Gasteiger partial charge on any atom is 0.229 e. The molecule has 2 unspecified atom stereocenters. The van der Waals surface area contributed by atoms with E-state index in [-0.39, 0.29) is 25.5 Å². The van der Waals surface area contributed by atoms with E-state index >= 15 is 0 Å². The number of ether oxygens (including phenoxy) is 1. The molecular formula is C14H24N2O4. The van der Waals surface area contributed by atoms with E-state index in [9.17, 15) is 14.7 Å². The summed E-state index contributed by atoms with van der Waals surface area (Å²) in [6.07, 6.45) is 0.999. The second-order valence-corrected chi connectivity index (χ2v) is 5.94. The largest absolute Gasteiger partial charge is 0.550 e. The number of carbonyl (C=O) groups is 2. The van der Waals surface area contributed by atoms with Gasteiger partial charge in [0.05, 0.1) is 51.4 Å². The van der Waals surface area contributed by atoms with Gasteiger partial charge in [-0.1, -0.05) is 7.43 Å². The van der Waals surface area contributed by atoms with Crippen molar-refractivity contribution in [2.24, 2.45) is 11.8 Å². The lowest BCUT2D eigenvalue weighted by Gasteiger charge is -2.35. The maximum atomic E-state index is 12.6. The average Bonchev–Trinajstić information content (AvgIpc) is 2.98. The summed E-state index contributed by atoms with van der Waals surface area (Å²) in [6.45, 7) is 3.25. The number of nitrogens with one attached hydrogen (secondary N) is 1. The maximum absolute atomic E-state index is 12.6. The lowest BCUT2D eigenvalue weighted by molar-refractivity contribution is -0.883. The predicted octanol–water partition coefficient (Wildman–Crippen LogP) is -2.48. The molecule has 3 saturated heterocycles. The molecule has 114 valence electrons. The minimum absolute atomic E-state index is 0. The van der Waals surface area contributed by atoms with Crippen molar-refractivity contribution in [2.75, 3.05) is 33.2 Å². The normalized spacial score (nSPS) is 36.8. The van der Waals surface area contributed by atoms with Crippen molar-refractivity contribution in [1.29, 1.82) is 0 Å². The van der Waals surface area contributed by atoms with Gasteiger partial charge < -0.3 is 24.4 Å². The quantitative estimate of drug-likeness (QED) is 0.609. The van der Waals surface area contributed by atoms with Gasteiger partial charge in [-0.05, 0) is 12.8 Å². The van der Waals surface area contributed by atoms with Crippen LogP contribution in [0.25, 0.3) is 0 Å². The first-order valence-electron chi connectivity index (χ1n) is 7.04. The van der Waals surface area contributed by atoms with Crippen LogP contribution in [0.5, 0.6) is 0 Å². The van der Waals surface area contributed by atoms with Crippen LogP contribution in [0, 0.1) is 11.8 Å². The molecule has 0 saturated carbocycles. The fraction of sp³-hybridized carbons (Fsp3) is 0.857. The number of carboxylic acids is 1. The first kappa shape index (κ1) is 15.3. The van der Waals surface area contributed by atoms with Crippen molar-refractivity contribution < 1.29 is 24.3 Å². The third-order valence-corrected chi connectivity index (χ3v) is 4.76. The zero-order valence-electron chi connectivity index (χ0n) is 11.1. The molecule has 0 aromatic carbocycles. The summed E-state index contributed by atoms with van der Waals surface area (Å²) in [5, 5.41) is 11.3. The van der Waals surface area contributed by atoms with Gasteiger partial charge in [0.1, 0.15) is 0 Å². The molecule has 0 radical (unpaired) electrons. The van der Waals surface area contributed by atoms with Crippen LogP contribution >= 0.6 is 0 Å². The van der Waals surface area contributed by atoms with Gasteiger partial charge in [0.2, 0.25) is 5.91 Å². The first-order chi connectivity index (χ1) is 9.08. The fourth-order valence-electron chi connectivity index (χ4n) is 3.61. The Morgan fingerprint density at radius 1 is 1.15 bits per heavy atom. The molecule has 0 aromatic heterocycles. The van der Waals surface area contributed by atoms with Crippen LogP contribution in [0.2, 0.25) is 0 Å². The van der Waals surface area contributed by atoms with Crippen LogP contribution in [0.3, 0.4) is 0 Å². The Kier molecular flexibility index (Phi) is 4.34. The van der Waals surface area contributed by atoms with Gasteiger partial charge in [0.25, 0.3) is 0 Å². The highest BCUT2D eigenvalue weighted by atomic mass is 16.5. The van der Waals surface area contributed by atoms with E-state index in [2.05, 4.69) is 7.05 Å². The SMILES string of the molecule is C.C[NH+]1CCN(C(=O)C2C(C(=O)[O-])[C@H]3CC[C@@H]2O3)CC1. The summed E-state index contributed by atoms with van der Waals surface area (Å²) in [7, 11) is 2.10. The summed E-state index contributed by atoms with van der Waals surface area (Å²) >= 11 is 0. The second kappa shape index (κ2) is 5.69. The number of carbonyl (C=O) groups excluding carboxylic acids is 2. The molecule has 0 aliphatic carbocycles. The molecule has 20 heavy (non-hydrogen) atoms. The molecular weight excluding hydrogens is 260 g/mol. The van der Waals surface area contributed by atoms with E-state index in [0.717, 1.165) is 25.9 Å². The molecule has 1 amide bonds. The van der Waals surface area contributed by atoms with Crippen LogP contribution in [0.4, 0.5) is 0 Å². The summed E-state index contributed by atoms with van der Waals surface area (Å²) in [5.74, 6) is -2.46. The van der Waals surface area contributed by atoms with Crippen molar-refractivity contribution in [3.8, 4) is 0 Å². The highest BCUT2D eigenvalue weighted by molar-refractivity contribution is 5.86. The summed E-state index contributed by atoms with van der Waals surface area (Å²) in [5.41, 5.74) is 0. The van der Waals surface area contributed by atoms with E-state index < -0.39 is 17.8 Å². The summed E-state index contributed by atoms with van der Waals surface area (Å²) < 4.78 is 5.62. The number of aliphatic carboxylic acids is 1. The van der Waals surface area contributed by atoms with Gasteiger partial charge in [-0.3, -0.25) is 4.79 Å². The average molecular weight is 284 g/mol. The molecule has 3 heterocycles. The van der Waals surface area contributed by atoms with Gasteiger partial charge >= 0.3 is 0 Å². The lowest BCUT2D eigenvalue weighted by atomic mass is 9.78. The number of piperazine rings is 1. The summed E-state index contributed by atoms with van der Waals surface area (Å²) in [6, 6.07) is 0. The van der Waals surface area contributed by atoms with Crippen LogP contribution in [0.15, 0.2) is 0 Å². The Labute approximate surface area is 119 Å². The van der Waals surface area contributed by atoms with Crippen molar-refractivity contribution in [2.45, 2.75) is 32.5 Å². The highest BCUT2D eigenvalue weighted by Crippen LogP contribution is 2.44. The topological polar surface area (TPSA) is 74.1 Å². The minimum atomic E-state index is -1.13. The van der Waals surface area contributed by atoms with Crippen molar-refractivity contribution >= 4 is 11.9 Å². The Hall–Kier alpha value is -1.14. The first-order valence-corrected chi connectivity index (χ1v) is 7.04. The minimum Gasteiger partial charge on any atom is -0.550 e. The van der Waals surface area contributed by atoms with E-state index in [1.54, 1.807) is 4.90 Å². The molecule has 6 nitrogen and oxygen atoms in total. The molecule has 6 heteroatoms. The van der Waals surface area contributed by atoms with E-state index in [1.807, 2.05) is 0 Å². The number of likely N-dealkylation sites (N-methyl/N-ethyl adjacent to an activating group) is 1. The van der Waals surface area contributed by atoms with Gasteiger partial charge in [-0.2, -0.15) is 0 Å². The Morgan fingerprint density at radius 3 is 2.25 bits per heavy atom. The molecule has 2 bridgehead atoms. The van der Waals surface area contributed by atoms with Gasteiger partial charge in [0.15, 0.2) is 0 Å². The third kappa shape index (κ3) is 2.42. The number of hydrogen-bond donors (Lipinski definition) is 1. The van der Waals surface area contributed by atoms with Gasteiger partial charge in [0, 0.05) is 11.9 Å². The number of rotatable bonds is 2. The predicted molar refractivity (Wildman–Crippen MR) is 69.8 cm³/mol. The number of nitrogens with zero attached hydrogens (tertiary/aromatic N) is 1. The third-order valence-electron chi connectivity index (χ3n) is 4.76. The zero-order chi connectivity index (χ0) is 13.6. The molecule has 3 aliphatic heterocycles. The lowest BCUT2D eigenvalue weighted by Crippen LogP contribution is -3.12. The van der Waals surface area contributed by atoms with E-state index in [0.29, 0.717) is 13.1 Å². The molecule has 0 aromatic rings. The standard InChI is InChI=1S/C13H20N2O4.CH4/c1-14-4-6-15(7-5-14)12(16)10-8-2-3-9(19-8)11(10)13(17)18;/h8-11H,2-7H2,1H3,(H,17,18);1H4/t8-,9+,10?,11?;/m0./s1. The molecule has 0 spiro atoms. The molecule has 4 atom stereocenters. The monoisotopic (exact) mass is 284 g/mol. The number of amides is 1. The van der Waals surface area contributed by atoms with Crippen LogP contribution in [-0.4, -0.2) is 62.2 Å². The second-order valence-electron chi connectivity index (χ2n) is 5.94. The van der Waals surface area contributed by atoms with Crippen LogP contribution in [0.1, 0.15) is 20.3 Å². The molecule has 3 aliphatic rings. The van der Waals surface area contributed by atoms with Gasteiger partial charge in [-0.25, -0.2) is 0 Å². The van der Waals surface area contributed by atoms with Crippen molar-refractivity contribution in [3.63, 3.8) is 0 Å². The Morgan fingerprint density at radius 2 is 1.70 bits per heavy atom. The highest BCUT2D eigenvalue weighted by Gasteiger charge is 2.53. The van der Waals surface area contributed by atoms with Gasteiger partial charge in [-0.15, -0.1) is 0 Å². The van der Waals surface area contributed by atoms with Crippen molar-refractivity contribution in [3.05, 3.63) is 0 Å². The smallest absolute Gasteiger partial charge is 0.229 e. The van der Waals surface area contributed by atoms with Crippen molar-refractivity contribution in [1.82, 2.24) is 4.90 Å². The number of fused-ring (bicyclic) bond motifs is 2. The molecule has 1 N–H and O–H groups in total. The molecule has 3 fully saturated rings.